The summed E-state index contributed by atoms with van der Waals surface area (Å²) in [6, 6.07) is 7.93. The van der Waals surface area contributed by atoms with Crippen molar-refractivity contribution in [3.8, 4) is 5.75 Å². The fourth-order valence-corrected chi connectivity index (χ4v) is 3.82. The highest BCUT2D eigenvalue weighted by Crippen LogP contribution is 2.31. The van der Waals surface area contributed by atoms with Gasteiger partial charge in [0.05, 0.1) is 18.8 Å². The maximum atomic E-state index is 13.0. The molecule has 6 nitrogen and oxygen atoms in total. The number of amides is 1. The molecule has 3 aromatic rings. The lowest BCUT2D eigenvalue weighted by molar-refractivity contribution is 0.0756. The lowest BCUT2D eigenvalue weighted by Gasteiger charge is -2.16. The molecule has 26 heavy (non-hydrogen) atoms. The number of carbonyl (C=O) groups is 1. The van der Waals surface area contributed by atoms with Gasteiger partial charge in [0.25, 0.3) is 5.91 Å². The normalized spacial score (nSPS) is 17.2. The molecule has 3 heterocycles. The van der Waals surface area contributed by atoms with Crippen LogP contribution in [0.3, 0.4) is 0 Å². The zero-order chi connectivity index (χ0) is 18.4. The minimum atomic E-state index is -0.0540. The van der Waals surface area contributed by atoms with Gasteiger partial charge in [-0.2, -0.15) is 5.10 Å². The number of carbonyl (C=O) groups excluding carboxylic acids is 1. The van der Waals surface area contributed by atoms with E-state index in [1.807, 2.05) is 41.6 Å². The van der Waals surface area contributed by atoms with E-state index in [-0.39, 0.29) is 11.9 Å². The van der Waals surface area contributed by atoms with Crippen LogP contribution in [0.15, 0.2) is 28.7 Å². The van der Waals surface area contributed by atoms with E-state index in [4.69, 9.17) is 9.15 Å². The Morgan fingerprint density at radius 1 is 1.27 bits per heavy atom. The maximum Gasteiger partial charge on any atom is 0.289 e. The molecule has 1 saturated heterocycles. The second-order valence-electron chi connectivity index (χ2n) is 6.98. The predicted molar refractivity (Wildman–Crippen MR) is 98.8 cm³/mol. The van der Waals surface area contributed by atoms with Crippen molar-refractivity contribution in [3.05, 3.63) is 47.0 Å². The Balaban J connectivity index is 1.59. The molecule has 0 aliphatic carbocycles. The number of hydrogen-bond donors (Lipinski definition) is 0. The quantitative estimate of drug-likeness (QED) is 0.721. The molecular weight excluding hydrogens is 330 g/mol. The fraction of sp³-hybridized carbons (Fsp3) is 0.400. The molecule has 1 fully saturated rings. The van der Waals surface area contributed by atoms with Crippen LogP contribution >= 0.6 is 0 Å². The summed E-state index contributed by atoms with van der Waals surface area (Å²) in [5.41, 5.74) is 3.70. The number of ether oxygens (including phenoxy) is 1. The topological polar surface area (TPSA) is 60.5 Å². The molecule has 1 atom stereocenters. The molecule has 1 aliphatic heterocycles. The summed E-state index contributed by atoms with van der Waals surface area (Å²) < 4.78 is 13.2. The molecule has 1 aliphatic rings. The molecule has 0 saturated carbocycles. The Bertz CT molecular complexity index is 986. The SMILES string of the molecule is COc1ccc2c(C)c(C(=O)N3CC[C@@H](n4nc(C)cc4C)C3)oc2c1. The number of aromatic nitrogens is 2. The number of nitrogens with zero attached hydrogens (tertiary/aromatic N) is 3. The fourth-order valence-electron chi connectivity index (χ4n) is 3.82. The standard InChI is InChI=1S/C20H23N3O3/c1-12-9-13(2)23(21-12)15-7-8-22(11-15)20(24)19-14(3)17-6-5-16(25-4)10-18(17)26-19/h5-6,9-10,15H,7-8,11H2,1-4H3/t15-/m1/s1. The molecule has 1 amide bonds. The first-order chi connectivity index (χ1) is 12.5. The third-order valence-electron chi connectivity index (χ3n) is 5.18. The molecule has 4 rings (SSSR count). The van der Waals surface area contributed by atoms with Gasteiger partial charge in [-0.15, -0.1) is 0 Å². The minimum Gasteiger partial charge on any atom is -0.497 e. The van der Waals surface area contributed by atoms with E-state index >= 15 is 0 Å². The largest absolute Gasteiger partial charge is 0.497 e. The second-order valence-corrected chi connectivity index (χ2v) is 6.98. The Morgan fingerprint density at radius 2 is 2.08 bits per heavy atom. The third kappa shape index (κ3) is 2.66. The van der Waals surface area contributed by atoms with Crippen molar-refractivity contribution in [2.24, 2.45) is 0 Å². The Hall–Kier alpha value is -2.76. The van der Waals surface area contributed by atoms with Gasteiger partial charge in [-0.05, 0) is 45.4 Å². The lowest BCUT2D eigenvalue weighted by Crippen LogP contribution is -2.29. The van der Waals surface area contributed by atoms with Crippen molar-refractivity contribution in [1.82, 2.24) is 14.7 Å². The highest BCUT2D eigenvalue weighted by molar-refractivity contribution is 5.99. The zero-order valence-corrected chi connectivity index (χ0v) is 15.6. The van der Waals surface area contributed by atoms with Crippen molar-refractivity contribution in [2.75, 3.05) is 20.2 Å². The van der Waals surface area contributed by atoms with Gasteiger partial charge in [-0.3, -0.25) is 9.48 Å². The van der Waals surface area contributed by atoms with Gasteiger partial charge in [-0.1, -0.05) is 0 Å². The van der Waals surface area contributed by atoms with Crippen LogP contribution in [0, 0.1) is 20.8 Å². The van der Waals surface area contributed by atoms with E-state index in [0.29, 0.717) is 24.4 Å². The molecule has 1 aromatic carbocycles. The van der Waals surface area contributed by atoms with Crippen LogP contribution in [0.25, 0.3) is 11.0 Å². The van der Waals surface area contributed by atoms with E-state index in [9.17, 15) is 4.79 Å². The van der Waals surface area contributed by atoms with Crippen LogP contribution < -0.4 is 4.74 Å². The second kappa shape index (κ2) is 6.20. The summed E-state index contributed by atoms with van der Waals surface area (Å²) >= 11 is 0. The molecule has 136 valence electrons. The van der Waals surface area contributed by atoms with E-state index in [0.717, 1.165) is 34.5 Å². The van der Waals surface area contributed by atoms with Crippen LogP contribution in [-0.2, 0) is 0 Å². The number of benzene rings is 1. The van der Waals surface area contributed by atoms with Gasteiger partial charge in [0.2, 0.25) is 0 Å². The summed E-state index contributed by atoms with van der Waals surface area (Å²) in [4.78, 5) is 14.9. The van der Waals surface area contributed by atoms with Crippen molar-refractivity contribution in [2.45, 2.75) is 33.2 Å². The van der Waals surface area contributed by atoms with Crippen molar-refractivity contribution in [3.63, 3.8) is 0 Å². The Kier molecular flexibility index (Phi) is 3.98. The monoisotopic (exact) mass is 353 g/mol. The summed E-state index contributed by atoms with van der Waals surface area (Å²) in [5.74, 6) is 1.08. The van der Waals surface area contributed by atoms with Crippen LogP contribution in [-0.4, -0.2) is 40.8 Å². The maximum absolute atomic E-state index is 13.0. The van der Waals surface area contributed by atoms with Gasteiger partial charge < -0.3 is 14.1 Å². The van der Waals surface area contributed by atoms with Crippen LogP contribution in [0.5, 0.6) is 5.75 Å². The first kappa shape index (κ1) is 16.7. The third-order valence-corrected chi connectivity index (χ3v) is 5.18. The number of likely N-dealkylation sites (tertiary alicyclic amines) is 1. The first-order valence-corrected chi connectivity index (χ1v) is 8.87. The van der Waals surface area contributed by atoms with Crippen molar-refractivity contribution >= 4 is 16.9 Å². The Morgan fingerprint density at radius 3 is 2.77 bits per heavy atom. The predicted octanol–water partition coefficient (Wildman–Crippen LogP) is 3.65. The van der Waals surface area contributed by atoms with E-state index in [1.165, 1.54) is 0 Å². The average Bonchev–Trinajstić information content (AvgIpc) is 3.32. The number of furan rings is 1. The molecule has 0 radical (unpaired) electrons. The smallest absolute Gasteiger partial charge is 0.289 e. The van der Waals surface area contributed by atoms with E-state index in [2.05, 4.69) is 18.1 Å². The highest BCUT2D eigenvalue weighted by Gasteiger charge is 2.32. The minimum absolute atomic E-state index is 0.0540. The average molecular weight is 353 g/mol. The molecule has 0 N–H and O–H groups in total. The number of fused-ring (bicyclic) bond motifs is 1. The van der Waals surface area contributed by atoms with Crippen LogP contribution in [0.4, 0.5) is 0 Å². The van der Waals surface area contributed by atoms with E-state index < -0.39 is 0 Å². The molecule has 6 heteroatoms. The molecular formula is C20H23N3O3. The van der Waals surface area contributed by atoms with Crippen LogP contribution in [0.1, 0.15) is 40.0 Å². The number of hydrogen-bond acceptors (Lipinski definition) is 4. The zero-order valence-electron chi connectivity index (χ0n) is 15.6. The number of rotatable bonds is 3. The first-order valence-electron chi connectivity index (χ1n) is 8.87. The Labute approximate surface area is 152 Å². The molecule has 0 unspecified atom stereocenters. The molecule has 0 spiro atoms. The van der Waals surface area contributed by atoms with Gasteiger partial charge in [0.15, 0.2) is 5.76 Å². The number of aryl methyl sites for hydroxylation is 3. The highest BCUT2D eigenvalue weighted by atomic mass is 16.5. The van der Waals surface area contributed by atoms with Gasteiger partial charge in [0.1, 0.15) is 11.3 Å². The molecule has 0 bridgehead atoms. The summed E-state index contributed by atoms with van der Waals surface area (Å²) in [6.45, 7) is 7.34. The van der Waals surface area contributed by atoms with Crippen molar-refractivity contribution < 1.29 is 13.9 Å². The summed E-state index contributed by atoms with van der Waals surface area (Å²) in [7, 11) is 1.62. The van der Waals surface area contributed by atoms with Crippen LogP contribution in [0.2, 0.25) is 0 Å². The van der Waals surface area contributed by atoms with E-state index in [1.54, 1.807) is 7.11 Å². The van der Waals surface area contributed by atoms with Gasteiger partial charge >= 0.3 is 0 Å². The molecule has 2 aromatic heterocycles. The van der Waals surface area contributed by atoms with Gasteiger partial charge in [0, 0.05) is 35.8 Å². The summed E-state index contributed by atoms with van der Waals surface area (Å²) in [5, 5.41) is 5.52. The van der Waals surface area contributed by atoms with Crippen molar-refractivity contribution in [1.29, 1.82) is 0 Å². The lowest BCUT2D eigenvalue weighted by atomic mass is 10.1. The van der Waals surface area contributed by atoms with Gasteiger partial charge in [-0.25, -0.2) is 0 Å². The number of methoxy groups -OCH3 is 1. The summed E-state index contributed by atoms with van der Waals surface area (Å²) in [6.07, 6.45) is 0.904.